The Labute approximate surface area is 164 Å². The first kappa shape index (κ1) is 21.7. The van der Waals surface area contributed by atoms with E-state index in [9.17, 15) is 4.79 Å². The summed E-state index contributed by atoms with van der Waals surface area (Å²) in [7, 11) is 0. The summed E-state index contributed by atoms with van der Waals surface area (Å²) in [6.45, 7) is 11.4. The minimum atomic E-state index is -0.263. The van der Waals surface area contributed by atoms with Crippen LogP contribution in [0.5, 0.6) is 0 Å². The van der Waals surface area contributed by atoms with Gasteiger partial charge in [-0.15, -0.1) is 0 Å². The van der Waals surface area contributed by atoms with Crippen molar-refractivity contribution in [3.05, 3.63) is 48.2 Å². The fourth-order valence-electron chi connectivity index (χ4n) is 1.43. The third-order valence-electron chi connectivity index (χ3n) is 2.28. The molecule has 1 unspecified atom stereocenters. The summed E-state index contributed by atoms with van der Waals surface area (Å²) in [6, 6.07) is 0. The summed E-state index contributed by atoms with van der Waals surface area (Å²) in [5.41, 5.74) is 1.42. The second-order valence-electron chi connectivity index (χ2n) is 3.40. The molecule has 0 saturated heterocycles. The molecule has 0 aromatic carbocycles. The molecule has 1 amide bonds. The van der Waals surface area contributed by atoms with E-state index >= 15 is 0 Å². The topological polar surface area (TPSA) is 29.5 Å². The molecule has 19 heavy (non-hydrogen) atoms. The second-order valence-corrected chi connectivity index (χ2v) is 3.55. The molecule has 5 heteroatoms. The second kappa shape index (κ2) is 12.1. The first-order chi connectivity index (χ1) is 8.65. The molecule has 0 aliphatic carbocycles. The zero-order valence-corrected chi connectivity index (χ0v) is 16.3. The molecule has 0 N–H and O–H groups in total. The van der Waals surface area contributed by atoms with Crippen LogP contribution in [0.1, 0.15) is 27.7 Å². The average molecular weight is 305 g/mol. The molecule has 0 aromatic rings. The van der Waals surface area contributed by atoms with Gasteiger partial charge in [-0.25, -0.2) is 5.06 Å². The maximum atomic E-state index is 11.9. The Hall–Kier alpha value is 0.376. The van der Waals surface area contributed by atoms with Gasteiger partial charge in [0.15, 0.2) is 0 Å². The Morgan fingerprint density at radius 3 is 2.47 bits per heavy atom. The van der Waals surface area contributed by atoms with Crippen LogP contribution in [-0.2, 0) is 22.0 Å². The summed E-state index contributed by atoms with van der Waals surface area (Å²) in [5.74, 6) is -0.457. The fourth-order valence-corrected chi connectivity index (χ4v) is 1.59. The molecule has 100 valence electrons. The van der Waals surface area contributed by atoms with Crippen molar-refractivity contribution in [3.63, 3.8) is 0 Å². The minimum Gasteiger partial charge on any atom is -0.590 e. The van der Waals surface area contributed by atoms with E-state index in [1.165, 1.54) is 0 Å². The van der Waals surface area contributed by atoms with E-state index in [1.54, 1.807) is 13.0 Å². The van der Waals surface area contributed by atoms with Gasteiger partial charge >= 0.3 is 51.4 Å². The van der Waals surface area contributed by atoms with Gasteiger partial charge in [-0.05, 0) is 19.9 Å². The predicted octanol–water partition coefficient (Wildman–Crippen LogP) is 0.461. The van der Waals surface area contributed by atoms with Crippen LogP contribution in [0.25, 0.3) is 0 Å². The van der Waals surface area contributed by atoms with Crippen LogP contribution in [0, 0.1) is 5.92 Å². The van der Waals surface area contributed by atoms with Crippen molar-refractivity contribution in [2.45, 2.75) is 27.7 Å². The largest absolute Gasteiger partial charge is 1.00 e. The Kier molecular flexibility index (Phi) is 13.8. The Morgan fingerprint density at radius 1 is 1.47 bits per heavy atom. The number of carbonyl (C=O) groups is 1. The number of allylic oxidation sites excluding steroid dienone is 5. The SMILES string of the molecule is C=CC1=C(/C=C\C)C=CC(C)C(=O)N1O[S-].CC.[K+]. The molecule has 1 aliphatic rings. The maximum absolute atomic E-state index is 11.9. The first-order valence-electron chi connectivity index (χ1n) is 5.97. The van der Waals surface area contributed by atoms with Gasteiger partial charge in [0.25, 0.3) is 5.91 Å². The summed E-state index contributed by atoms with van der Waals surface area (Å²) < 4.78 is 4.70. The van der Waals surface area contributed by atoms with Gasteiger partial charge in [0.05, 0.1) is 11.6 Å². The van der Waals surface area contributed by atoms with Gasteiger partial charge in [-0.2, -0.15) is 0 Å². The number of hydroxylamine groups is 2. The van der Waals surface area contributed by atoms with E-state index in [4.69, 9.17) is 4.28 Å². The standard InChI is InChI=1S/C12H15NO2S.C2H6.K/c1-4-6-10-8-7-9(3)12(14)13(15-16)11(10)5-2;1-2;/h4-9,16H,2H2,1,3H3;1-2H3;/q;;+1/p-1/b6-4-;;. The molecule has 1 atom stereocenters. The van der Waals surface area contributed by atoms with Crippen LogP contribution < -0.4 is 51.4 Å². The zero-order chi connectivity index (χ0) is 14.1. The number of hydrogen-bond acceptors (Lipinski definition) is 3. The quantitative estimate of drug-likeness (QED) is 0.560. The van der Waals surface area contributed by atoms with Crippen LogP contribution in [0.3, 0.4) is 0 Å². The first-order valence-corrected chi connectivity index (χ1v) is 6.30. The number of rotatable bonds is 3. The summed E-state index contributed by atoms with van der Waals surface area (Å²) in [5, 5.41) is 1.10. The van der Waals surface area contributed by atoms with Gasteiger partial charge < -0.3 is 17.2 Å². The Bertz CT molecular complexity index is 389. The van der Waals surface area contributed by atoms with Crippen LogP contribution in [0.2, 0.25) is 0 Å². The van der Waals surface area contributed by atoms with Crippen LogP contribution in [-0.4, -0.2) is 11.0 Å². The van der Waals surface area contributed by atoms with Crippen molar-refractivity contribution >= 4 is 18.8 Å². The van der Waals surface area contributed by atoms with Crippen molar-refractivity contribution in [1.29, 1.82) is 0 Å². The van der Waals surface area contributed by atoms with E-state index in [-0.39, 0.29) is 63.2 Å². The third kappa shape index (κ3) is 6.12. The Morgan fingerprint density at radius 2 is 2.05 bits per heavy atom. The summed E-state index contributed by atoms with van der Waals surface area (Å²) in [6.07, 6.45) is 9.00. The van der Waals surface area contributed by atoms with E-state index in [1.807, 2.05) is 45.1 Å². The minimum absolute atomic E-state index is 0. The molecular weight excluding hydrogens is 285 g/mol. The molecule has 0 saturated carbocycles. The van der Waals surface area contributed by atoms with Crippen LogP contribution in [0.4, 0.5) is 0 Å². The molecule has 0 aromatic heterocycles. The molecule has 0 radical (unpaired) electrons. The van der Waals surface area contributed by atoms with Gasteiger partial charge in [0, 0.05) is 5.57 Å². The van der Waals surface area contributed by atoms with E-state index in [0.717, 1.165) is 10.6 Å². The molecule has 0 spiro atoms. The van der Waals surface area contributed by atoms with Gasteiger partial charge in [-0.1, -0.05) is 44.7 Å². The van der Waals surface area contributed by atoms with Gasteiger partial charge in [0.1, 0.15) is 0 Å². The van der Waals surface area contributed by atoms with E-state index < -0.39 is 0 Å². The molecule has 1 heterocycles. The number of nitrogens with zero attached hydrogens (tertiary/aromatic N) is 1. The Balaban J connectivity index is 0. The fraction of sp³-hybridized carbons (Fsp3) is 0.357. The van der Waals surface area contributed by atoms with Crippen molar-refractivity contribution < 1.29 is 60.5 Å². The van der Waals surface area contributed by atoms with Gasteiger partial charge in [-0.3, -0.25) is 4.79 Å². The maximum Gasteiger partial charge on any atom is 1.00 e. The molecule has 0 fully saturated rings. The zero-order valence-electron chi connectivity index (χ0n) is 12.3. The van der Waals surface area contributed by atoms with Crippen molar-refractivity contribution in [2.75, 3.05) is 0 Å². The molecule has 3 nitrogen and oxygen atoms in total. The van der Waals surface area contributed by atoms with Crippen molar-refractivity contribution in [2.24, 2.45) is 5.92 Å². The van der Waals surface area contributed by atoms with Crippen LogP contribution in [0.15, 0.2) is 48.2 Å². The monoisotopic (exact) mass is 305 g/mol. The average Bonchev–Trinajstić information content (AvgIpc) is 2.52. The normalized spacial score (nSPS) is 18.7. The van der Waals surface area contributed by atoms with Crippen molar-refractivity contribution in [3.8, 4) is 0 Å². The summed E-state index contributed by atoms with van der Waals surface area (Å²) >= 11 is 4.51. The molecule has 1 rings (SSSR count). The third-order valence-corrected chi connectivity index (χ3v) is 2.43. The molecular formula is C14H20KNO2S. The summed E-state index contributed by atoms with van der Waals surface area (Å²) in [4.78, 5) is 11.9. The molecule has 1 aliphatic heterocycles. The van der Waals surface area contributed by atoms with E-state index in [2.05, 4.69) is 19.5 Å². The van der Waals surface area contributed by atoms with Gasteiger partial charge in [0.2, 0.25) is 0 Å². The smallest absolute Gasteiger partial charge is 0.590 e. The number of hydrogen-bond donors (Lipinski definition) is 0. The van der Waals surface area contributed by atoms with Crippen LogP contribution >= 0.6 is 0 Å². The molecule has 0 bridgehead atoms. The number of amides is 1. The predicted molar refractivity (Wildman–Crippen MR) is 77.0 cm³/mol. The van der Waals surface area contributed by atoms with E-state index in [0.29, 0.717) is 5.70 Å². The van der Waals surface area contributed by atoms with Crippen molar-refractivity contribution in [1.82, 2.24) is 5.06 Å². The number of carbonyl (C=O) groups excluding carboxylic acids is 1.